The molecule has 0 aliphatic heterocycles. The molecule has 79 valence electrons. The largest absolute Gasteiger partial charge is 0.496 e. The average Bonchev–Trinajstić information content (AvgIpc) is 2.25. The Morgan fingerprint density at radius 2 is 2.20 bits per heavy atom. The molecule has 0 N–H and O–H groups in total. The summed E-state index contributed by atoms with van der Waals surface area (Å²) >= 11 is 0. The lowest BCUT2D eigenvalue weighted by Crippen LogP contribution is -1.90. The van der Waals surface area contributed by atoms with E-state index in [9.17, 15) is 10.1 Å². The second-order valence-corrected chi connectivity index (χ2v) is 2.63. The van der Waals surface area contributed by atoms with Crippen LogP contribution in [0.15, 0.2) is 18.3 Å². The van der Waals surface area contributed by atoms with Gasteiger partial charge in [0, 0.05) is 17.7 Å². The summed E-state index contributed by atoms with van der Waals surface area (Å²) in [4.78, 5) is 9.63. The number of ether oxygens (including phenoxy) is 2. The number of nitrogens with zero attached hydrogens (tertiary/aromatic N) is 1. The molecule has 1 aromatic rings. The van der Waals surface area contributed by atoms with Crippen LogP contribution in [0, 0.1) is 16.2 Å². The van der Waals surface area contributed by atoms with Gasteiger partial charge in [-0.1, -0.05) is 0 Å². The number of hydrogen-bond acceptors (Lipinski definition) is 4. The first-order chi connectivity index (χ1) is 7.17. The number of hydrogen-bond donors (Lipinski definition) is 0. The summed E-state index contributed by atoms with van der Waals surface area (Å²) in [5.41, 5.74) is 0.574. The van der Waals surface area contributed by atoms with Crippen molar-refractivity contribution in [2.45, 2.75) is 0 Å². The van der Waals surface area contributed by atoms with Crippen molar-refractivity contribution < 1.29 is 14.4 Å². The summed E-state index contributed by atoms with van der Waals surface area (Å²) < 4.78 is 9.96. The lowest BCUT2D eigenvalue weighted by Gasteiger charge is -2.05. The SMILES string of the molecule is COc1[c]cc(OC)c(/C=C/[N+](=O)[O-])c1. The Labute approximate surface area is 87.1 Å². The highest BCUT2D eigenvalue weighted by Crippen LogP contribution is 2.24. The molecule has 0 aliphatic carbocycles. The van der Waals surface area contributed by atoms with Gasteiger partial charge in [-0.2, -0.15) is 0 Å². The van der Waals surface area contributed by atoms with E-state index in [1.807, 2.05) is 0 Å². The zero-order chi connectivity index (χ0) is 11.3. The van der Waals surface area contributed by atoms with E-state index in [2.05, 4.69) is 6.07 Å². The van der Waals surface area contributed by atoms with E-state index in [4.69, 9.17) is 9.47 Å². The van der Waals surface area contributed by atoms with Gasteiger partial charge in [-0.05, 0) is 12.1 Å². The molecule has 0 spiro atoms. The Kier molecular flexibility index (Phi) is 3.68. The lowest BCUT2D eigenvalue weighted by molar-refractivity contribution is -0.400. The maximum absolute atomic E-state index is 10.2. The van der Waals surface area contributed by atoms with Gasteiger partial charge >= 0.3 is 0 Å². The van der Waals surface area contributed by atoms with Gasteiger partial charge in [0.25, 0.3) is 0 Å². The third-order valence-electron chi connectivity index (χ3n) is 1.73. The highest BCUT2D eigenvalue weighted by molar-refractivity contribution is 5.58. The lowest BCUT2D eigenvalue weighted by atomic mass is 10.2. The van der Waals surface area contributed by atoms with Crippen LogP contribution >= 0.6 is 0 Å². The van der Waals surface area contributed by atoms with Crippen molar-refractivity contribution in [2.24, 2.45) is 0 Å². The minimum atomic E-state index is -0.539. The fourth-order valence-corrected chi connectivity index (χ4v) is 1.04. The van der Waals surface area contributed by atoms with Crippen molar-refractivity contribution in [3.63, 3.8) is 0 Å². The van der Waals surface area contributed by atoms with E-state index in [1.165, 1.54) is 20.3 Å². The molecule has 0 bridgehead atoms. The van der Waals surface area contributed by atoms with Gasteiger partial charge in [0.1, 0.15) is 11.5 Å². The summed E-state index contributed by atoms with van der Waals surface area (Å²) in [5.74, 6) is 1.01. The minimum Gasteiger partial charge on any atom is -0.496 e. The zero-order valence-electron chi connectivity index (χ0n) is 8.39. The van der Waals surface area contributed by atoms with E-state index < -0.39 is 4.92 Å². The van der Waals surface area contributed by atoms with E-state index in [0.717, 1.165) is 6.20 Å². The second kappa shape index (κ2) is 4.99. The Morgan fingerprint density at radius 1 is 1.47 bits per heavy atom. The van der Waals surface area contributed by atoms with E-state index in [0.29, 0.717) is 17.1 Å². The van der Waals surface area contributed by atoms with Crippen LogP contribution in [0.25, 0.3) is 6.08 Å². The molecule has 0 saturated carbocycles. The normalized spacial score (nSPS) is 10.3. The molecular weight excluding hydrogens is 198 g/mol. The molecule has 0 unspecified atom stereocenters. The summed E-state index contributed by atoms with van der Waals surface area (Å²) in [7, 11) is 2.98. The van der Waals surface area contributed by atoms with Crippen molar-refractivity contribution in [3.8, 4) is 11.5 Å². The molecule has 5 nitrogen and oxygen atoms in total. The highest BCUT2D eigenvalue weighted by atomic mass is 16.6. The first-order valence-corrected chi connectivity index (χ1v) is 4.12. The second-order valence-electron chi connectivity index (χ2n) is 2.63. The number of rotatable bonds is 4. The standard InChI is InChI=1S/C10H10NO4/c1-14-9-3-4-10(15-2)8(7-9)5-6-11(12)13/h4-7H,1-2H3/b6-5+. The van der Waals surface area contributed by atoms with E-state index in [-0.39, 0.29) is 0 Å². The van der Waals surface area contributed by atoms with Crippen molar-refractivity contribution in [1.82, 2.24) is 0 Å². The van der Waals surface area contributed by atoms with Crippen LogP contribution in [0.3, 0.4) is 0 Å². The monoisotopic (exact) mass is 208 g/mol. The molecule has 1 radical (unpaired) electrons. The number of methoxy groups -OCH3 is 2. The Balaban J connectivity index is 3.06. The molecule has 0 fully saturated rings. The Hall–Kier alpha value is -2.04. The topological polar surface area (TPSA) is 61.6 Å². The van der Waals surface area contributed by atoms with Gasteiger partial charge in [0.2, 0.25) is 6.20 Å². The van der Waals surface area contributed by atoms with Gasteiger partial charge < -0.3 is 9.47 Å². The third kappa shape index (κ3) is 2.98. The predicted molar refractivity (Wildman–Crippen MR) is 54.4 cm³/mol. The molecule has 5 heteroatoms. The van der Waals surface area contributed by atoms with Gasteiger partial charge in [-0.25, -0.2) is 0 Å². The third-order valence-corrected chi connectivity index (χ3v) is 1.73. The molecular formula is C10H10NO4. The molecule has 0 saturated heterocycles. The van der Waals surface area contributed by atoms with Crippen LogP contribution in [0.4, 0.5) is 0 Å². The van der Waals surface area contributed by atoms with Gasteiger partial charge in [-0.3, -0.25) is 10.1 Å². The van der Waals surface area contributed by atoms with Crippen molar-refractivity contribution in [1.29, 1.82) is 0 Å². The fraction of sp³-hybridized carbons (Fsp3) is 0.200. The van der Waals surface area contributed by atoms with E-state index in [1.54, 1.807) is 12.1 Å². The molecule has 0 atom stereocenters. The van der Waals surface area contributed by atoms with Crippen LogP contribution in [0.5, 0.6) is 11.5 Å². The van der Waals surface area contributed by atoms with Gasteiger partial charge in [-0.15, -0.1) is 0 Å². The van der Waals surface area contributed by atoms with Gasteiger partial charge in [0.05, 0.1) is 19.1 Å². The molecule has 0 heterocycles. The number of nitro groups is 1. The Morgan fingerprint density at radius 3 is 2.73 bits per heavy atom. The van der Waals surface area contributed by atoms with Crippen LogP contribution < -0.4 is 9.47 Å². The summed E-state index contributed by atoms with van der Waals surface area (Å²) in [6.07, 6.45) is 2.19. The van der Waals surface area contributed by atoms with E-state index >= 15 is 0 Å². The van der Waals surface area contributed by atoms with Crippen LogP contribution in [-0.4, -0.2) is 19.1 Å². The highest BCUT2D eigenvalue weighted by Gasteiger charge is 2.03. The van der Waals surface area contributed by atoms with Crippen molar-refractivity contribution in [2.75, 3.05) is 14.2 Å². The summed E-state index contributed by atoms with van der Waals surface area (Å²) in [6, 6.07) is 5.99. The summed E-state index contributed by atoms with van der Waals surface area (Å²) in [5, 5.41) is 10.2. The first-order valence-electron chi connectivity index (χ1n) is 4.12. The molecule has 1 rings (SSSR count). The molecule has 0 aliphatic rings. The minimum absolute atomic E-state index is 0.499. The smallest absolute Gasteiger partial charge is 0.235 e. The van der Waals surface area contributed by atoms with Crippen molar-refractivity contribution in [3.05, 3.63) is 40.1 Å². The molecule has 0 amide bonds. The first kappa shape index (κ1) is 11.0. The summed E-state index contributed by atoms with van der Waals surface area (Å²) in [6.45, 7) is 0. The molecule has 15 heavy (non-hydrogen) atoms. The fourth-order valence-electron chi connectivity index (χ4n) is 1.04. The van der Waals surface area contributed by atoms with Crippen LogP contribution in [0.1, 0.15) is 5.56 Å². The molecule has 1 aromatic carbocycles. The Bertz CT molecular complexity index is 387. The predicted octanol–water partition coefficient (Wildman–Crippen LogP) is 1.75. The van der Waals surface area contributed by atoms with Crippen LogP contribution in [-0.2, 0) is 0 Å². The maximum atomic E-state index is 10.2. The number of benzene rings is 1. The maximum Gasteiger partial charge on any atom is 0.235 e. The molecule has 0 aromatic heterocycles. The van der Waals surface area contributed by atoms with Gasteiger partial charge in [0.15, 0.2) is 0 Å². The quantitative estimate of drug-likeness (QED) is 0.558. The zero-order valence-corrected chi connectivity index (χ0v) is 8.39. The van der Waals surface area contributed by atoms with Crippen molar-refractivity contribution >= 4 is 6.08 Å². The van der Waals surface area contributed by atoms with Crippen LogP contribution in [0.2, 0.25) is 0 Å². The average molecular weight is 208 g/mol.